The van der Waals surface area contributed by atoms with Gasteiger partial charge in [-0.05, 0) is 19.9 Å². The molecule has 0 aromatic carbocycles. The molecule has 2 N–H and O–H groups in total. The Morgan fingerprint density at radius 3 is 2.56 bits per heavy atom. The molecule has 1 aliphatic carbocycles. The standard InChI is InChI=1S/C13H27N3O2/c1-15-6-8-16(9-7-15)14-10-12(17)11-18-13-4-2-3-5-13/h12-14,17H,2-11H2,1H3. The van der Waals surface area contributed by atoms with Crippen LogP contribution in [0.2, 0.25) is 0 Å². The molecule has 2 rings (SSSR count). The third-order valence-electron chi connectivity index (χ3n) is 3.88. The number of aliphatic hydroxyl groups excluding tert-OH is 1. The molecule has 0 spiro atoms. The molecular formula is C13H27N3O2. The van der Waals surface area contributed by atoms with Crippen LogP contribution in [0.1, 0.15) is 25.7 Å². The van der Waals surface area contributed by atoms with E-state index in [1.807, 2.05) is 0 Å². The first-order chi connectivity index (χ1) is 8.74. The highest BCUT2D eigenvalue weighted by atomic mass is 16.5. The highest BCUT2D eigenvalue weighted by Gasteiger charge is 2.18. The van der Waals surface area contributed by atoms with E-state index in [9.17, 15) is 5.11 Å². The predicted molar refractivity (Wildman–Crippen MR) is 71.3 cm³/mol. The highest BCUT2D eigenvalue weighted by molar-refractivity contribution is 4.70. The fourth-order valence-corrected chi connectivity index (χ4v) is 2.56. The lowest BCUT2D eigenvalue weighted by Gasteiger charge is -2.33. The van der Waals surface area contributed by atoms with Crippen molar-refractivity contribution in [1.29, 1.82) is 0 Å². The van der Waals surface area contributed by atoms with Crippen molar-refractivity contribution in [1.82, 2.24) is 15.3 Å². The topological polar surface area (TPSA) is 48.0 Å². The SMILES string of the molecule is CN1CCN(NCC(O)COC2CCCC2)CC1. The molecule has 0 aromatic rings. The van der Waals surface area contributed by atoms with Gasteiger partial charge in [0.05, 0.1) is 18.8 Å². The normalized spacial score (nSPS) is 25.7. The predicted octanol–water partition coefficient (Wildman–Crippen LogP) is 0.0585. The van der Waals surface area contributed by atoms with Gasteiger partial charge >= 0.3 is 0 Å². The summed E-state index contributed by atoms with van der Waals surface area (Å²) < 4.78 is 5.70. The summed E-state index contributed by atoms with van der Waals surface area (Å²) in [6.45, 7) is 5.27. The zero-order valence-electron chi connectivity index (χ0n) is 11.5. The van der Waals surface area contributed by atoms with Crippen LogP contribution in [-0.4, -0.2) is 73.6 Å². The van der Waals surface area contributed by atoms with Crippen LogP contribution in [0.5, 0.6) is 0 Å². The molecule has 1 saturated heterocycles. The fraction of sp³-hybridized carbons (Fsp3) is 1.00. The second-order valence-electron chi connectivity index (χ2n) is 5.55. The highest BCUT2D eigenvalue weighted by Crippen LogP contribution is 2.20. The molecule has 1 unspecified atom stereocenters. The maximum atomic E-state index is 9.87. The van der Waals surface area contributed by atoms with Crippen molar-refractivity contribution in [2.75, 3.05) is 46.4 Å². The van der Waals surface area contributed by atoms with E-state index < -0.39 is 6.10 Å². The van der Waals surface area contributed by atoms with E-state index in [2.05, 4.69) is 22.4 Å². The van der Waals surface area contributed by atoms with Crippen molar-refractivity contribution in [3.8, 4) is 0 Å². The van der Waals surface area contributed by atoms with Crippen LogP contribution in [-0.2, 0) is 4.74 Å². The van der Waals surface area contributed by atoms with E-state index in [0.717, 1.165) is 26.2 Å². The molecule has 0 amide bonds. The Morgan fingerprint density at radius 2 is 1.89 bits per heavy atom. The lowest BCUT2D eigenvalue weighted by molar-refractivity contribution is -0.0156. The first-order valence-corrected chi connectivity index (χ1v) is 7.20. The first-order valence-electron chi connectivity index (χ1n) is 7.20. The molecule has 0 aromatic heterocycles. The largest absolute Gasteiger partial charge is 0.389 e. The molecule has 0 bridgehead atoms. The molecule has 1 saturated carbocycles. The molecule has 0 radical (unpaired) electrons. The van der Waals surface area contributed by atoms with E-state index in [1.165, 1.54) is 25.7 Å². The number of piperazine rings is 1. The van der Waals surface area contributed by atoms with Crippen LogP contribution in [0.3, 0.4) is 0 Å². The average molecular weight is 257 g/mol. The molecule has 106 valence electrons. The van der Waals surface area contributed by atoms with Gasteiger partial charge in [-0.15, -0.1) is 0 Å². The summed E-state index contributed by atoms with van der Waals surface area (Å²) in [5.41, 5.74) is 3.29. The minimum absolute atomic E-state index is 0.392. The molecule has 1 heterocycles. The minimum atomic E-state index is -0.398. The van der Waals surface area contributed by atoms with Crippen LogP contribution in [0.15, 0.2) is 0 Å². The number of hydrogen-bond acceptors (Lipinski definition) is 5. The van der Waals surface area contributed by atoms with E-state index in [-0.39, 0.29) is 0 Å². The first kappa shape index (κ1) is 14.2. The molecule has 5 nitrogen and oxygen atoms in total. The van der Waals surface area contributed by atoms with Crippen molar-refractivity contribution in [2.24, 2.45) is 0 Å². The molecular weight excluding hydrogens is 230 g/mol. The lowest BCUT2D eigenvalue weighted by Crippen LogP contribution is -2.52. The number of nitrogens with one attached hydrogen (secondary N) is 1. The Kier molecular flexibility index (Phi) is 5.85. The van der Waals surface area contributed by atoms with Gasteiger partial charge in [-0.3, -0.25) is 5.43 Å². The number of nitrogens with zero attached hydrogens (tertiary/aromatic N) is 2. The van der Waals surface area contributed by atoms with Crippen molar-refractivity contribution in [3.63, 3.8) is 0 Å². The number of hydrogen-bond donors (Lipinski definition) is 2. The van der Waals surface area contributed by atoms with Crippen LogP contribution >= 0.6 is 0 Å². The van der Waals surface area contributed by atoms with Crippen LogP contribution < -0.4 is 5.43 Å². The number of likely N-dealkylation sites (N-methyl/N-ethyl adjacent to an activating group) is 1. The van der Waals surface area contributed by atoms with Crippen molar-refractivity contribution in [3.05, 3.63) is 0 Å². The maximum Gasteiger partial charge on any atom is 0.0911 e. The number of hydrazine groups is 1. The lowest BCUT2D eigenvalue weighted by atomic mass is 10.3. The summed E-state index contributed by atoms with van der Waals surface area (Å²) in [6.07, 6.45) is 4.88. The summed E-state index contributed by atoms with van der Waals surface area (Å²) in [5, 5.41) is 12.1. The zero-order chi connectivity index (χ0) is 12.8. The van der Waals surface area contributed by atoms with Crippen LogP contribution in [0.4, 0.5) is 0 Å². The number of rotatable bonds is 6. The number of ether oxygens (including phenoxy) is 1. The molecule has 5 heteroatoms. The second-order valence-corrected chi connectivity index (χ2v) is 5.55. The molecule has 18 heavy (non-hydrogen) atoms. The van der Waals surface area contributed by atoms with Gasteiger partial charge < -0.3 is 14.7 Å². The van der Waals surface area contributed by atoms with Gasteiger partial charge in [-0.25, -0.2) is 5.01 Å². The second kappa shape index (κ2) is 7.40. The minimum Gasteiger partial charge on any atom is -0.389 e. The smallest absolute Gasteiger partial charge is 0.0911 e. The molecule has 2 aliphatic rings. The van der Waals surface area contributed by atoms with Gasteiger partial charge in [0.25, 0.3) is 0 Å². The van der Waals surface area contributed by atoms with Gasteiger partial charge in [0.1, 0.15) is 0 Å². The van der Waals surface area contributed by atoms with Gasteiger partial charge in [-0.2, -0.15) is 0 Å². The van der Waals surface area contributed by atoms with Gasteiger partial charge in [0.15, 0.2) is 0 Å². The summed E-state index contributed by atoms with van der Waals surface area (Å²) in [7, 11) is 2.14. The van der Waals surface area contributed by atoms with E-state index in [4.69, 9.17) is 4.74 Å². The Morgan fingerprint density at radius 1 is 1.22 bits per heavy atom. The quantitative estimate of drug-likeness (QED) is 0.704. The van der Waals surface area contributed by atoms with Crippen LogP contribution in [0.25, 0.3) is 0 Å². The molecule has 2 fully saturated rings. The molecule has 1 atom stereocenters. The monoisotopic (exact) mass is 257 g/mol. The Bertz CT molecular complexity index is 226. The molecule has 1 aliphatic heterocycles. The van der Waals surface area contributed by atoms with Crippen molar-refractivity contribution in [2.45, 2.75) is 37.9 Å². The Labute approximate surface area is 110 Å². The van der Waals surface area contributed by atoms with E-state index >= 15 is 0 Å². The van der Waals surface area contributed by atoms with E-state index in [1.54, 1.807) is 0 Å². The average Bonchev–Trinajstić information content (AvgIpc) is 2.89. The van der Waals surface area contributed by atoms with Gasteiger partial charge in [0.2, 0.25) is 0 Å². The third kappa shape index (κ3) is 4.82. The van der Waals surface area contributed by atoms with Crippen molar-refractivity contribution < 1.29 is 9.84 Å². The number of aliphatic hydroxyl groups is 1. The third-order valence-corrected chi connectivity index (χ3v) is 3.88. The van der Waals surface area contributed by atoms with Crippen LogP contribution in [0, 0.1) is 0 Å². The summed E-state index contributed by atoms with van der Waals surface area (Å²) >= 11 is 0. The van der Waals surface area contributed by atoms with Gasteiger partial charge in [0, 0.05) is 32.7 Å². The summed E-state index contributed by atoms with van der Waals surface area (Å²) in [4.78, 5) is 2.32. The summed E-state index contributed by atoms with van der Waals surface area (Å²) in [5.74, 6) is 0. The van der Waals surface area contributed by atoms with Gasteiger partial charge in [-0.1, -0.05) is 12.8 Å². The zero-order valence-corrected chi connectivity index (χ0v) is 11.5. The Balaban J connectivity index is 1.52. The maximum absolute atomic E-state index is 9.87. The fourth-order valence-electron chi connectivity index (χ4n) is 2.56. The Hall–Kier alpha value is -0.200. The summed E-state index contributed by atoms with van der Waals surface area (Å²) in [6, 6.07) is 0. The van der Waals surface area contributed by atoms with E-state index in [0.29, 0.717) is 19.3 Å². The van der Waals surface area contributed by atoms with Crippen molar-refractivity contribution >= 4 is 0 Å².